The lowest BCUT2D eigenvalue weighted by Crippen LogP contribution is -2.58. The number of aromatic nitrogens is 2. The molecule has 0 amide bonds. The summed E-state index contributed by atoms with van der Waals surface area (Å²) in [7, 11) is 0. The standard InChI is InChI=1S/C14H15ClFN3O2/c1-14(7-17-8-14)20-6-13-18-12(19-21-13)4-9-2-3-10(16)5-11(9)15/h2-3,5,17H,4,6-8H2,1H3. The predicted octanol–water partition coefficient (Wildman–Crippen LogP) is 2.33. The lowest BCUT2D eigenvalue weighted by atomic mass is 10.0. The highest BCUT2D eigenvalue weighted by Crippen LogP contribution is 2.20. The van der Waals surface area contributed by atoms with Gasteiger partial charge in [-0.15, -0.1) is 0 Å². The van der Waals surface area contributed by atoms with E-state index < -0.39 is 0 Å². The monoisotopic (exact) mass is 311 g/mol. The molecule has 5 nitrogen and oxygen atoms in total. The fourth-order valence-electron chi connectivity index (χ4n) is 2.07. The molecule has 0 saturated carbocycles. The summed E-state index contributed by atoms with van der Waals surface area (Å²) in [4.78, 5) is 4.25. The number of halogens is 2. The molecule has 1 N–H and O–H groups in total. The summed E-state index contributed by atoms with van der Waals surface area (Å²) in [6, 6.07) is 4.24. The van der Waals surface area contributed by atoms with Crippen LogP contribution in [0.1, 0.15) is 24.2 Å². The Kier molecular flexibility index (Phi) is 3.93. The number of rotatable bonds is 5. The molecule has 2 heterocycles. The largest absolute Gasteiger partial charge is 0.363 e. The number of ether oxygens (including phenoxy) is 1. The number of benzene rings is 1. The molecule has 0 atom stereocenters. The summed E-state index contributed by atoms with van der Waals surface area (Å²) in [6.07, 6.45) is 0.390. The third-order valence-corrected chi connectivity index (χ3v) is 3.77. The molecule has 3 rings (SSSR count). The molecule has 1 aliphatic heterocycles. The maximum atomic E-state index is 13.0. The highest BCUT2D eigenvalue weighted by atomic mass is 35.5. The van der Waals surface area contributed by atoms with Gasteiger partial charge in [0.15, 0.2) is 5.82 Å². The van der Waals surface area contributed by atoms with E-state index in [0.29, 0.717) is 23.2 Å². The average Bonchev–Trinajstić information content (AvgIpc) is 2.85. The Morgan fingerprint density at radius 3 is 2.95 bits per heavy atom. The van der Waals surface area contributed by atoms with Gasteiger partial charge < -0.3 is 14.6 Å². The van der Waals surface area contributed by atoms with Gasteiger partial charge in [-0.05, 0) is 24.6 Å². The van der Waals surface area contributed by atoms with Crippen molar-refractivity contribution < 1.29 is 13.7 Å². The maximum Gasteiger partial charge on any atom is 0.252 e. The molecule has 0 radical (unpaired) electrons. The van der Waals surface area contributed by atoms with E-state index in [1.807, 2.05) is 6.92 Å². The molecule has 0 aliphatic carbocycles. The van der Waals surface area contributed by atoms with Crippen molar-refractivity contribution in [1.29, 1.82) is 0 Å². The van der Waals surface area contributed by atoms with Gasteiger partial charge in [0.25, 0.3) is 5.89 Å². The van der Waals surface area contributed by atoms with Gasteiger partial charge in [-0.2, -0.15) is 4.98 Å². The topological polar surface area (TPSA) is 60.2 Å². The van der Waals surface area contributed by atoms with Crippen molar-refractivity contribution in [1.82, 2.24) is 15.5 Å². The number of nitrogens with one attached hydrogen (secondary N) is 1. The fourth-order valence-corrected chi connectivity index (χ4v) is 2.31. The summed E-state index contributed by atoms with van der Waals surface area (Å²) in [5.74, 6) is 0.559. The molecule has 1 aromatic carbocycles. The number of hydrogen-bond donors (Lipinski definition) is 1. The van der Waals surface area contributed by atoms with Gasteiger partial charge in [-0.1, -0.05) is 22.8 Å². The molecular formula is C14H15ClFN3O2. The first-order valence-corrected chi connectivity index (χ1v) is 7.02. The lowest BCUT2D eigenvalue weighted by molar-refractivity contribution is -0.0841. The molecule has 21 heavy (non-hydrogen) atoms. The van der Waals surface area contributed by atoms with Crippen molar-refractivity contribution >= 4 is 11.6 Å². The predicted molar refractivity (Wildman–Crippen MR) is 74.6 cm³/mol. The smallest absolute Gasteiger partial charge is 0.252 e. The van der Waals surface area contributed by atoms with Crippen molar-refractivity contribution in [2.45, 2.75) is 25.6 Å². The van der Waals surface area contributed by atoms with E-state index in [2.05, 4.69) is 15.5 Å². The molecule has 7 heteroatoms. The molecule has 1 aliphatic rings. The molecule has 1 fully saturated rings. The second kappa shape index (κ2) is 5.71. The first-order valence-electron chi connectivity index (χ1n) is 6.64. The molecular weight excluding hydrogens is 297 g/mol. The van der Waals surface area contributed by atoms with Crippen molar-refractivity contribution in [3.8, 4) is 0 Å². The van der Waals surface area contributed by atoms with Gasteiger partial charge in [0.05, 0.1) is 5.60 Å². The van der Waals surface area contributed by atoms with Gasteiger partial charge >= 0.3 is 0 Å². The zero-order chi connectivity index (χ0) is 14.9. The van der Waals surface area contributed by atoms with Crippen LogP contribution >= 0.6 is 11.6 Å². The van der Waals surface area contributed by atoms with Crippen LogP contribution in [0, 0.1) is 5.82 Å². The van der Waals surface area contributed by atoms with Crippen LogP contribution in [0.15, 0.2) is 22.7 Å². The fraction of sp³-hybridized carbons (Fsp3) is 0.429. The number of nitrogens with zero attached hydrogens (tertiary/aromatic N) is 2. The van der Waals surface area contributed by atoms with E-state index in [1.165, 1.54) is 12.1 Å². The Morgan fingerprint density at radius 2 is 2.29 bits per heavy atom. The summed E-state index contributed by atoms with van der Waals surface area (Å²) in [5, 5.41) is 7.39. The molecule has 2 aromatic rings. The van der Waals surface area contributed by atoms with Crippen LogP contribution in [-0.4, -0.2) is 28.8 Å². The highest BCUT2D eigenvalue weighted by Gasteiger charge is 2.33. The van der Waals surface area contributed by atoms with Gasteiger partial charge in [-0.25, -0.2) is 4.39 Å². The minimum Gasteiger partial charge on any atom is -0.363 e. The van der Waals surface area contributed by atoms with Gasteiger partial charge in [0, 0.05) is 24.5 Å². The van der Waals surface area contributed by atoms with Crippen LogP contribution in [0.25, 0.3) is 0 Å². The second-order valence-electron chi connectivity index (χ2n) is 5.36. The van der Waals surface area contributed by atoms with Gasteiger partial charge in [0.2, 0.25) is 0 Å². The summed E-state index contributed by atoms with van der Waals surface area (Å²) in [6.45, 7) is 3.94. The van der Waals surface area contributed by atoms with Crippen LogP contribution in [-0.2, 0) is 17.8 Å². The highest BCUT2D eigenvalue weighted by molar-refractivity contribution is 6.31. The molecule has 1 aromatic heterocycles. The van der Waals surface area contributed by atoms with Crippen LogP contribution in [0.2, 0.25) is 5.02 Å². The number of hydrogen-bond acceptors (Lipinski definition) is 5. The third kappa shape index (κ3) is 3.40. The third-order valence-electron chi connectivity index (χ3n) is 3.42. The van der Waals surface area contributed by atoms with E-state index in [-0.39, 0.29) is 18.0 Å². The first kappa shape index (κ1) is 14.4. The quantitative estimate of drug-likeness (QED) is 0.918. The minimum absolute atomic E-state index is 0.158. The van der Waals surface area contributed by atoms with Crippen molar-refractivity contribution in [3.05, 3.63) is 46.3 Å². The van der Waals surface area contributed by atoms with E-state index >= 15 is 0 Å². The molecule has 0 spiro atoms. The lowest BCUT2D eigenvalue weighted by Gasteiger charge is -2.38. The van der Waals surface area contributed by atoms with E-state index in [0.717, 1.165) is 18.7 Å². The zero-order valence-corrected chi connectivity index (χ0v) is 12.3. The van der Waals surface area contributed by atoms with Gasteiger partial charge in [-0.3, -0.25) is 0 Å². The molecule has 1 saturated heterocycles. The Morgan fingerprint density at radius 1 is 1.48 bits per heavy atom. The van der Waals surface area contributed by atoms with E-state index in [1.54, 1.807) is 6.07 Å². The summed E-state index contributed by atoms with van der Waals surface area (Å²) < 4.78 is 23.8. The van der Waals surface area contributed by atoms with E-state index in [4.69, 9.17) is 20.9 Å². The van der Waals surface area contributed by atoms with Crippen molar-refractivity contribution in [2.24, 2.45) is 0 Å². The van der Waals surface area contributed by atoms with Crippen LogP contribution in [0.4, 0.5) is 4.39 Å². The zero-order valence-electron chi connectivity index (χ0n) is 11.5. The van der Waals surface area contributed by atoms with Crippen LogP contribution < -0.4 is 5.32 Å². The Bertz CT molecular complexity index is 643. The minimum atomic E-state index is -0.367. The van der Waals surface area contributed by atoms with Crippen molar-refractivity contribution in [3.63, 3.8) is 0 Å². The average molecular weight is 312 g/mol. The SMILES string of the molecule is CC1(OCc2nc(Cc3ccc(F)cc3Cl)no2)CNC1. The second-order valence-corrected chi connectivity index (χ2v) is 5.77. The Hall–Kier alpha value is -1.50. The molecule has 0 bridgehead atoms. The normalized spacial score (nSPS) is 16.7. The maximum absolute atomic E-state index is 13.0. The van der Waals surface area contributed by atoms with Crippen LogP contribution in [0.3, 0.4) is 0 Å². The van der Waals surface area contributed by atoms with E-state index in [9.17, 15) is 4.39 Å². The molecule has 112 valence electrons. The Labute approximate surface area is 126 Å². The first-order chi connectivity index (χ1) is 10.0. The van der Waals surface area contributed by atoms with Gasteiger partial charge in [0.1, 0.15) is 12.4 Å². The van der Waals surface area contributed by atoms with Crippen LogP contribution in [0.5, 0.6) is 0 Å². The van der Waals surface area contributed by atoms with Crippen molar-refractivity contribution in [2.75, 3.05) is 13.1 Å². The molecule has 0 unspecified atom stereocenters. The summed E-state index contributed by atoms with van der Waals surface area (Å²) >= 11 is 5.98. The Balaban J connectivity index is 1.62. The summed E-state index contributed by atoms with van der Waals surface area (Å²) in [5.41, 5.74) is 0.594.